The number of nitrogens with zero attached hydrogens (tertiary/aromatic N) is 2. The van der Waals surface area contributed by atoms with Gasteiger partial charge in [0.25, 0.3) is 5.91 Å². The largest absolute Gasteiger partial charge is 0.497 e. The maximum absolute atomic E-state index is 12.5. The van der Waals surface area contributed by atoms with Gasteiger partial charge in [0.1, 0.15) is 17.2 Å². The molecular formula is C19H17N3O5. The van der Waals surface area contributed by atoms with E-state index >= 15 is 0 Å². The van der Waals surface area contributed by atoms with E-state index in [-0.39, 0.29) is 35.8 Å². The summed E-state index contributed by atoms with van der Waals surface area (Å²) >= 11 is 0. The Balaban J connectivity index is 1.88. The number of methoxy groups -OCH3 is 1. The van der Waals surface area contributed by atoms with Crippen LogP contribution in [0.3, 0.4) is 0 Å². The van der Waals surface area contributed by atoms with Crippen LogP contribution in [0.4, 0.5) is 5.69 Å². The van der Waals surface area contributed by atoms with Crippen molar-refractivity contribution in [1.82, 2.24) is 0 Å². The van der Waals surface area contributed by atoms with Crippen molar-refractivity contribution in [3.8, 4) is 11.5 Å². The minimum atomic E-state index is -0.765. The summed E-state index contributed by atoms with van der Waals surface area (Å²) in [6, 6.07) is 13.1. The van der Waals surface area contributed by atoms with Crippen LogP contribution < -0.4 is 20.2 Å². The Morgan fingerprint density at radius 3 is 2.52 bits per heavy atom. The molecule has 2 amide bonds. The minimum Gasteiger partial charge on any atom is -0.497 e. The van der Waals surface area contributed by atoms with Crippen LogP contribution in [-0.4, -0.2) is 30.6 Å². The Labute approximate surface area is 155 Å². The van der Waals surface area contributed by atoms with E-state index in [0.29, 0.717) is 11.4 Å². The Hall–Kier alpha value is -3.68. The second-order valence-electron chi connectivity index (χ2n) is 5.70. The van der Waals surface area contributed by atoms with E-state index in [1.54, 1.807) is 24.3 Å². The van der Waals surface area contributed by atoms with E-state index in [0.717, 1.165) is 0 Å². The molecule has 1 aliphatic heterocycles. The number of esters is 1. The average Bonchev–Trinajstić information content (AvgIpc) is 2.68. The molecule has 2 aromatic rings. The fourth-order valence-corrected chi connectivity index (χ4v) is 2.55. The summed E-state index contributed by atoms with van der Waals surface area (Å²) in [5.74, 6) is -1.37. The summed E-state index contributed by atoms with van der Waals surface area (Å²) < 4.78 is 10.4. The SMILES string of the molecule is COc1ccc(C(N)=O)c(OC(=O)C2=NN(c3ccccc3)C(=O)CC2)c1. The maximum Gasteiger partial charge on any atom is 0.359 e. The lowest BCUT2D eigenvalue weighted by Crippen LogP contribution is -2.35. The summed E-state index contributed by atoms with van der Waals surface area (Å²) in [7, 11) is 1.44. The van der Waals surface area contributed by atoms with Crippen molar-refractivity contribution in [2.75, 3.05) is 12.1 Å². The number of hydrogen-bond acceptors (Lipinski definition) is 6. The van der Waals surface area contributed by atoms with Gasteiger partial charge >= 0.3 is 5.97 Å². The van der Waals surface area contributed by atoms with Crippen LogP contribution in [0.2, 0.25) is 0 Å². The molecule has 2 N–H and O–H groups in total. The fourth-order valence-electron chi connectivity index (χ4n) is 2.55. The topological polar surface area (TPSA) is 111 Å². The molecule has 27 heavy (non-hydrogen) atoms. The van der Waals surface area contributed by atoms with Gasteiger partial charge in [-0.05, 0) is 24.3 Å². The number of para-hydroxylation sites is 1. The quantitative estimate of drug-likeness (QED) is 0.641. The standard InChI is InChI=1S/C19H17N3O5/c1-26-13-7-8-14(18(20)24)16(11-13)27-19(25)15-9-10-17(23)22(21-15)12-5-3-2-4-6-12/h2-8,11H,9-10H2,1H3,(H2,20,24). The molecular weight excluding hydrogens is 350 g/mol. The summed E-state index contributed by atoms with van der Waals surface area (Å²) in [6.07, 6.45) is 0.250. The molecule has 0 saturated heterocycles. The van der Waals surface area contributed by atoms with Crippen molar-refractivity contribution in [2.24, 2.45) is 10.8 Å². The van der Waals surface area contributed by atoms with Crippen LogP contribution in [0, 0.1) is 0 Å². The van der Waals surface area contributed by atoms with Gasteiger partial charge in [-0.25, -0.2) is 9.80 Å². The van der Waals surface area contributed by atoms with E-state index in [1.807, 2.05) is 6.07 Å². The number of hydrazone groups is 1. The summed E-state index contributed by atoms with van der Waals surface area (Å²) in [4.78, 5) is 36.2. The van der Waals surface area contributed by atoms with E-state index in [2.05, 4.69) is 5.10 Å². The van der Waals surface area contributed by atoms with Gasteiger partial charge < -0.3 is 15.2 Å². The van der Waals surface area contributed by atoms with Crippen LogP contribution in [0.5, 0.6) is 11.5 Å². The summed E-state index contributed by atoms with van der Waals surface area (Å²) in [6.45, 7) is 0. The maximum atomic E-state index is 12.5. The van der Waals surface area contributed by atoms with Gasteiger partial charge in [0.15, 0.2) is 0 Å². The zero-order chi connectivity index (χ0) is 19.4. The first-order valence-corrected chi connectivity index (χ1v) is 8.15. The van der Waals surface area contributed by atoms with Crippen LogP contribution in [-0.2, 0) is 9.59 Å². The van der Waals surface area contributed by atoms with Crippen molar-refractivity contribution in [3.05, 3.63) is 54.1 Å². The van der Waals surface area contributed by atoms with Gasteiger partial charge in [-0.3, -0.25) is 9.59 Å². The van der Waals surface area contributed by atoms with Crippen molar-refractivity contribution in [1.29, 1.82) is 0 Å². The van der Waals surface area contributed by atoms with Crippen LogP contribution in [0.25, 0.3) is 0 Å². The van der Waals surface area contributed by atoms with Gasteiger partial charge in [0.05, 0.1) is 18.4 Å². The fraction of sp³-hybridized carbons (Fsp3) is 0.158. The lowest BCUT2D eigenvalue weighted by atomic mass is 10.1. The smallest absolute Gasteiger partial charge is 0.359 e. The normalized spacial score (nSPS) is 13.7. The molecule has 0 spiro atoms. The number of hydrogen-bond donors (Lipinski definition) is 1. The third-order valence-electron chi connectivity index (χ3n) is 3.93. The molecule has 2 aromatic carbocycles. The number of amides is 2. The van der Waals surface area contributed by atoms with E-state index in [4.69, 9.17) is 15.2 Å². The molecule has 8 heteroatoms. The average molecular weight is 367 g/mol. The van der Waals surface area contributed by atoms with E-state index in [1.165, 1.54) is 30.3 Å². The number of rotatable bonds is 5. The zero-order valence-corrected chi connectivity index (χ0v) is 14.5. The molecule has 0 aromatic heterocycles. The molecule has 0 fully saturated rings. The molecule has 0 atom stereocenters. The van der Waals surface area contributed by atoms with Crippen LogP contribution in [0.1, 0.15) is 23.2 Å². The van der Waals surface area contributed by atoms with Gasteiger partial charge in [-0.15, -0.1) is 0 Å². The Morgan fingerprint density at radius 1 is 1.11 bits per heavy atom. The van der Waals surface area contributed by atoms with Gasteiger partial charge in [0, 0.05) is 18.9 Å². The summed E-state index contributed by atoms with van der Waals surface area (Å²) in [5, 5.41) is 5.29. The predicted octanol–water partition coefficient (Wildman–Crippen LogP) is 1.88. The van der Waals surface area contributed by atoms with E-state index in [9.17, 15) is 14.4 Å². The highest BCUT2D eigenvalue weighted by molar-refractivity contribution is 6.38. The number of carbonyl (C=O) groups excluding carboxylic acids is 3. The van der Waals surface area contributed by atoms with Crippen LogP contribution in [0.15, 0.2) is 53.6 Å². The molecule has 3 rings (SSSR count). The zero-order valence-electron chi connectivity index (χ0n) is 14.5. The van der Waals surface area contributed by atoms with Crippen molar-refractivity contribution < 1.29 is 23.9 Å². The van der Waals surface area contributed by atoms with Gasteiger partial charge in [0.2, 0.25) is 5.91 Å². The molecule has 138 valence electrons. The second-order valence-corrected chi connectivity index (χ2v) is 5.70. The monoisotopic (exact) mass is 367 g/mol. The molecule has 0 unspecified atom stereocenters. The molecule has 1 heterocycles. The molecule has 8 nitrogen and oxygen atoms in total. The molecule has 0 bridgehead atoms. The second kappa shape index (κ2) is 7.69. The number of anilines is 1. The van der Waals surface area contributed by atoms with Crippen LogP contribution >= 0.6 is 0 Å². The molecule has 0 aliphatic carbocycles. The lowest BCUT2D eigenvalue weighted by Gasteiger charge is -2.22. The molecule has 0 radical (unpaired) electrons. The number of ether oxygens (including phenoxy) is 2. The number of benzene rings is 2. The number of nitrogens with two attached hydrogens (primary N) is 1. The first-order chi connectivity index (χ1) is 13.0. The Kier molecular flexibility index (Phi) is 5.16. The summed E-state index contributed by atoms with van der Waals surface area (Å²) in [5.41, 5.74) is 5.98. The highest BCUT2D eigenvalue weighted by Crippen LogP contribution is 2.26. The predicted molar refractivity (Wildman–Crippen MR) is 97.7 cm³/mol. The first kappa shape index (κ1) is 18.1. The minimum absolute atomic E-state index is 0.0299. The van der Waals surface area contributed by atoms with Gasteiger partial charge in [-0.2, -0.15) is 5.10 Å². The van der Waals surface area contributed by atoms with Crippen molar-refractivity contribution in [2.45, 2.75) is 12.8 Å². The molecule has 0 saturated carbocycles. The van der Waals surface area contributed by atoms with E-state index < -0.39 is 11.9 Å². The highest BCUT2D eigenvalue weighted by Gasteiger charge is 2.27. The highest BCUT2D eigenvalue weighted by atomic mass is 16.5. The van der Waals surface area contributed by atoms with Crippen molar-refractivity contribution in [3.63, 3.8) is 0 Å². The third kappa shape index (κ3) is 3.95. The molecule has 1 aliphatic rings. The third-order valence-corrected chi connectivity index (χ3v) is 3.93. The Bertz CT molecular complexity index is 924. The van der Waals surface area contributed by atoms with Gasteiger partial charge in [-0.1, -0.05) is 18.2 Å². The first-order valence-electron chi connectivity index (χ1n) is 8.15. The van der Waals surface area contributed by atoms with Crippen molar-refractivity contribution >= 4 is 29.2 Å². The Morgan fingerprint density at radius 2 is 1.85 bits per heavy atom. The number of carbonyl (C=O) groups is 3. The lowest BCUT2D eigenvalue weighted by molar-refractivity contribution is -0.127. The number of primary amides is 1.